The van der Waals surface area contributed by atoms with Crippen LogP contribution < -0.4 is 4.74 Å². The molecule has 0 aromatic heterocycles. The second-order valence-electron chi connectivity index (χ2n) is 7.47. The van der Waals surface area contributed by atoms with E-state index < -0.39 is 0 Å². The number of rotatable bonds is 6. The third-order valence-electron chi connectivity index (χ3n) is 4.97. The zero-order valence-electron chi connectivity index (χ0n) is 17.5. The first-order valence-corrected chi connectivity index (χ1v) is 12.7. The molecule has 0 saturated carbocycles. The van der Waals surface area contributed by atoms with E-state index in [1.54, 1.807) is 17.0 Å². The maximum atomic E-state index is 13.1. The fourth-order valence-electron chi connectivity index (χ4n) is 3.21. The number of carbonyl (C=O) groups excluding carboxylic acids is 1. The third-order valence-corrected chi connectivity index (χ3v) is 7.58. The molecule has 4 rings (SSSR count). The zero-order chi connectivity index (χ0) is 23.5. The van der Waals surface area contributed by atoms with Gasteiger partial charge in [-0.15, -0.1) is 0 Å². The second-order valence-corrected chi connectivity index (χ2v) is 10.9. The maximum absolute atomic E-state index is 13.1. The molecule has 0 radical (unpaired) electrons. The number of thiocarbonyl (C=S) groups is 1. The number of ether oxygens (including phenoxy) is 1. The summed E-state index contributed by atoms with van der Waals surface area (Å²) in [5, 5.41) is 0.975. The van der Waals surface area contributed by atoms with Gasteiger partial charge >= 0.3 is 0 Å². The van der Waals surface area contributed by atoms with Crippen molar-refractivity contribution in [3.05, 3.63) is 102 Å². The number of hydrogen-bond donors (Lipinski definition) is 0. The monoisotopic (exact) mass is 577 g/mol. The predicted octanol–water partition coefficient (Wildman–Crippen LogP) is 8.04. The number of amides is 1. The highest BCUT2D eigenvalue weighted by Crippen LogP contribution is 2.36. The maximum Gasteiger partial charge on any atom is 0.266 e. The van der Waals surface area contributed by atoms with Gasteiger partial charge in [-0.05, 0) is 54.5 Å². The Morgan fingerprint density at radius 1 is 1.03 bits per heavy atom. The fraction of sp³-hybridized carbons (Fsp3) is 0.120. The smallest absolute Gasteiger partial charge is 0.266 e. The molecule has 0 spiro atoms. The van der Waals surface area contributed by atoms with Crippen molar-refractivity contribution in [2.75, 3.05) is 0 Å². The molecule has 3 nitrogen and oxygen atoms in total. The number of thioether (sulfide) groups is 1. The number of hydrogen-bond acceptors (Lipinski definition) is 4. The number of nitrogens with zero attached hydrogens (tertiary/aromatic N) is 1. The largest absolute Gasteiger partial charge is 0.488 e. The van der Waals surface area contributed by atoms with Crippen LogP contribution in [-0.4, -0.2) is 15.1 Å². The molecule has 0 bridgehead atoms. The van der Waals surface area contributed by atoms with Gasteiger partial charge < -0.3 is 4.74 Å². The van der Waals surface area contributed by atoms with E-state index in [0.717, 1.165) is 21.2 Å². The normalized spacial score (nSPS) is 14.9. The first kappa shape index (κ1) is 24.3. The summed E-state index contributed by atoms with van der Waals surface area (Å²) in [5.74, 6) is 0.536. The van der Waals surface area contributed by atoms with Crippen LogP contribution in [0.5, 0.6) is 5.75 Å². The van der Waals surface area contributed by atoms with Gasteiger partial charge in [0.05, 0.1) is 21.5 Å². The minimum Gasteiger partial charge on any atom is -0.488 e. The van der Waals surface area contributed by atoms with E-state index in [-0.39, 0.29) is 5.91 Å². The molecule has 0 atom stereocenters. The van der Waals surface area contributed by atoms with Gasteiger partial charge in [0.1, 0.15) is 16.7 Å². The molecule has 1 aliphatic rings. The lowest BCUT2D eigenvalue weighted by Crippen LogP contribution is -2.27. The van der Waals surface area contributed by atoms with Crippen LogP contribution in [0.2, 0.25) is 10.0 Å². The molecule has 0 N–H and O–H groups in total. The summed E-state index contributed by atoms with van der Waals surface area (Å²) in [6, 6.07) is 19.1. The van der Waals surface area contributed by atoms with Crippen LogP contribution in [-0.2, 0) is 17.9 Å². The minimum atomic E-state index is -0.110. The van der Waals surface area contributed by atoms with Crippen molar-refractivity contribution in [1.82, 2.24) is 4.90 Å². The SMILES string of the molecule is Cc1ccc(CN2C(=O)/C(=C/c3cc(Br)ccc3OCc3ccc(Cl)c(Cl)c3)SC2=S)cc1. The molecular weight excluding hydrogens is 561 g/mol. The van der Waals surface area contributed by atoms with Gasteiger partial charge in [0.25, 0.3) is 5.91 Å². The lowest BCUT2D eigenvalue weighted by molar-refractivity contribution is -0.122. The van der Waals surface area contributed by atoms with E-state index in [0.29, 0.717) is 38.2 Å². The Labute approximate surface area is 220 Å². The second kappa shape index (κ2) is 10.6. The highest BCUT2D eigenvalue weighted by Gasteiger charge is 2.32. The van der Waals surface area contributed by atoms with Crippen molar-refractivity contribution in [2.24, 2.45) is 0 Å². The fourth-order valence-corrected chi connectivity index (χ4v) is 5.15. The van der Waals surface area contributed by atoms with E-state index in [1.165, 1.54) is 17.3 Å². The van der Waals surface area contributed by atoms with Crippen LogP contribution in [0.1, 0.15) is 22.3 Å². The van der Waals surface area contributed by atoms with Gasteiger partial charge in [-0.1, -0.05) is 99.0 Å². The van der Waals surface area contributed by atoms with E-state index in [1.807, 2.05) is 61.5 Å². The highest BCUT2D eigenvalue weighted by molar-refractivity contribution is 9.10. The topological polar surface area (TPSA) is 29.5 Å². The number of aryl methyl sites for hydroxylation is 1. The van der Waals surface area contributed by atoms with Crippen LogP contribution in [0.3, 0.4) is 0 Å². The summed E-state index contributed by atoms with van der Waals surface area (Å²) in [4.78, 5) is 15.3. The summed E-state index contributed by atoms with van der Waals surface area (Å²) >= 11 is 22.4. The summed E-state index contributed by atoms with van der Waals surface area (Å²) in [6.45, 7) is 2.79. The first-order chi connectivity index (χ1) is 15.8. The minimum absolute atomic E-state index is 0.110. The first-order valence-electron chi connectivity index (χ1n) is 9.97. The molecule has 1 amide bonds. The van der Waals surface area contributed by atoms with Gasteiger partial charge in [0.2, 0.25) is 0 Å². The predicted molar refractivity (Wildman–Crippen MR) is 145 cm³/mol. The average Bonchev–Trinajstić information content (AvgIpc) is 3.04. The quantitative estimate of drug-likeness (QED) is 0.219. The Hall–Kier alpha value is -1.83. The Morgan fingerprint density at radius 3 is 2.48 bits per heavy atom. The number of carbonyl (C=O) groups is 1. The van der Waals surface area contributed by atoms with Crippen molar-refractivity contribution in [3.63, 3.8) is 0 Å². The zero-order valence-corrected chi connectivity index (χ0v) is 22.2. The van der Waals surface area contributed by atoms with E-state index >= 15 is 0 Å². The molecule has 3 aromatic rings. The molecule has 1 saturated heterocycles. The van der Waals surface area contributed by atoms with Crippen LogP contribution >= 0.6 is 63.1 Å². The van der Waals surface area contributed by atoms with Crippen molar-refractivity contribution >= 4 is 79.4 Å². The van der Waals surface area contributed by atoms with Gasteiger partial charge in [-0.25, -0.2) is 0 Å². The summed E-state index contributed by atoms with van der Waals surface area (Å²) in [5.41, 5.74) is 3.88. The van der Waals surface area contributed by atoms with Gasteiger partial charge in [-0.3, -0.25) is 9.69 Å². The van der Waals surface area contributed by atoms with Gasteiger partial charge in [0.15, 0.2) is 0 Å². The Bertz CT molecular complexity index is 1260. The average molecular weight is 579 g/mol. The standard InChI is InChI=1S/C25H18BrCl2NO2S2/c1-15-2-4-16(5-3-15)13-29-24(30)23(33-25(29)32)12-18-11-19(26)7-9-22(18)31-14-17-6-8-20(27)21(28)10-17/h2-12H,13-14H2,1H3/b23-12-. The Morgan fingerprint density at radius 2 is 1.76 bits per heavy atom. The third kappa shape index (κ3) is 6.00. The lowest BCUT2D eigenvalue weighted by Gasteiger charge is -2.14. The molecule has 1 aliphatic heterocycles. The molecule has 8 heteroatoms. The van der Waals surface area contributed by atoms with Crippen LogP contribution in [0.4, 0.5) is 0 Å². The van der Waals surface area contributed by atoms with Crippen LogP contribution in [0.25, 0.3) is 6.08 Å². The van der Waals surface area contributed by atoms with Crippen molar-refractivity contribution < 1.29 is 9.53 Å². The molecule has 3 aromatic carbocycles. The molecular formula is C25H18BrCl2NO2S2. The summed E-state index contributed by atoms with van der Waals surface area (Å²) in [6.07, 6.45) is 1.82. The van der Waals surface area contributed by atoms with E-state index in [2.05, 4.69) is 15.9 Å². The number of halogens is 3. The van der Waals surface area contributed by atoms with Gasteiger partial charge in [0, 0.05) is 10.0 Å². The molecule has 33 heavy (non-hydrogen) atoms. The number of benzene rings is 3. The molecule has 1 heterocycles. The van der Waals surface area contributed by atoms with E-state index in [9.17, 15) is 4.79 Å². The summed E-state index contributed by atoms with van der Waals surface area (Å²) < 4.78 is 7.47. The van der Waals surface area contributed by atoms with Crippen LogP contribution in [0.15, 0.2) is 70.0 Å². The van der Waals surface area contributed by atoms with Crippen molar-refractivity contribution in [3.8, 4) is 5.75 Å². The molecule has 0 unspecified atom stereocenters. The lowest BCUT2D eigenvalue weighted by atomic mass is 10.1. The Kier molecular flexibility index (Phi) is 7.82. The van der Waals surface area contributed by atoms with Crippen molar-refractivity contribution in [1.29, 1.82) is 0 Å². The van der Waals surface area contributed by atoms with Gasteiger partial charge in [-0.2, -0.15) is 0 Å². The molecule has 1 fully saturated rings. The van der Waals surface area contributed by atoms with Crippen molar-refractivity contribution in [2.45, 2.75) is 20.1 Å². The Balaban J connectivity index is 1.54. The van der Waals surface area contributed by atoms with E-state index in [4.69, 9.17) is 40.2 Å². The molecule has 168 valence electrons. The van der Waals surface area contributed by atoms with Crippen LogP contribution in [0, 0.1) is 6.92 Å². The molecule has 0 aliphatic carbocycles. The summed E-state index contributed by atoms with van der Waals surface area (Å²) in [7, 11) is 0. The highest BCUT2D eigenvalue weighted by atomic mass is 79.9.